The summed E-state index contributed by atoms with van der Waals surface area (Å²) in [7, 11) is 4.29. The van der Waals surface area contributed by atoms with Crippen molar-refractivity contribution in [1.82, 2.24) is 14.0 Å². The van der Waals surface area contributed by atoms with Crippen molar-refractivity contribution in [3.8, 4) is 22.6 Å². The minimum Gasteiger partial charge on any atom is -0.308 e. The molecule has 0 fully saturated rings. The van der Waals surface area contributed by atoms with Gasteiger partial charge in [0.2, 0.25) is 17.2 Å². The summed E-state index contributed by atoms with van der Waals surface area (Å²) in [6.07, 6.45) is 2.22. The fourth-order valence-corrected chi connectivity index (χ4v) is 4.79. The Bertz CT molecular complexity index is 1450. The normalized spacial score (nSPS) is 11.7. The maximum atomic E-state index is 4.86. The SMILES string of the molecule is Cc1ccc(C)c(-c2c(C)cc(C)c(-c3cn4c5ccccc5nc4n3C)[n+]2C)c1. The standard InChI is InChI=1S/C26H27N4/c1-16-11-12-17(2)20(13-16)24-18(3)14-19(4)25(29(24)6)23-15-30-22-10-8-7-9-21(22)27-26(30)28(23)5/h7-15H,1-6H3/q+1. The van der Waals surface area contributed by atoms with E-state index in [9.17, 15) is 0 Å². The molecule has 0 spiro atoms. The average molecular weight is 396 g/mol. The van der Waals surface area contributed by atoms with Crippen molar-refractivity contribution in [2.24, 2.45) is 14.1 Å². The van der Waals surface area contributed by atoms with Gasteiger partial charge in [0.05, 0.1) is 11.0 Å². The third-order valence-corrected chi connectivity index (χ3v) is 6.23. The number of aromatic nitrogens is 4. The lowest BCUT2D eigenvalue weighted by molar-refractivity contribution is -0.650. The molecule has 0 atom stereocenters. The maximum Gasteiger partial charge on any atom is 0.233 e. The number of fused-ring (bicyclic) bond motifs is 3. The Morgan fingerprint density at radius 1 is 0.833 bits per heavy atom. The summed E-state index contributed by atoms with van der Waals surface area (Å²) in [5.74, 6) is 0.958. The lowest BCUT2D eigenvalue weighted by atomic mass is 9.97. The zero-order valence-electron chi connectivity index (χ0n) is 18.5. The topological polar surface area (TPSA) is 26.1 Å². The molecular formula is C26H27N4+. The Labute approximate surface area is 177 Å². The van der Waals surface area contributed by atoms with Gasteiger partial charge in [0, 0.05) is 29.9 Å². The van der Waals surface area contributed by atoms with E-state index in [1.54, 1.807) is 0 Å². The van der Waals surface area contributed by atoms with E-state index in [1.807, 2.05) is 6.07 Å². The van der Waals surface area contributed by atoms with Crippen LogP contribution in [0.25, 0.3) is 39.5 Å². The summed E-state index contributed by atoms with van der Waals surface area (Å²) in [6.45, 7) is 8.75. The lowest BCUT2D eigenvalue weighted by Gasteiger charge is -2.13. The Morgan fingerprint density at radius 3 is 2.37 bits per heavy atom. The number of nitrogens with zero attached hydrogens (tertiary/aromatic N) is 4. The van der Waals surface area contributed by atoms with Crippen LogP contribution in [0, 0.1) is 27.7 Å². The van der Waals surface area contributed by atoms with Crippen LogP contribution in [0.3, 0.4) is 0 Å². The monoisotopic (exact) mass is 395 g/mol. The van der Waals surface area contributed by atoms with Crippen LogP contribution < -0.4 is 4.57 Å². The van der Waals surface area contributed by atoms with Crippen molar-refractivity contribution in [2.75, 3.05) is 0 Å². The molecule has 5 aromatic rings. The molecule has 0 bridgehead atoms. The molecule has 5 rings (SSSR count). The minimum absolute atomic E-state index is 0.958. The molecule has 0 saturated heterocycles. The van der Waals surface area contributed by atoms with Gasteiger partial charge in [0.15, 0.2) is 0 Å². The van der Waals surface area contributed by atoms with Gasteiger partial charge in [-0.05, 0) is 57.5 Å². The fraction of sp³-hybridized carbons (Fsp3) is 0.231. The first-order valence-electron chi connectivity index (χ1n) is 10.4. The molecule has 0 aliphatic heterocycles. The predicted molar refractivity (Wildman–Crippen MR) is 123 cm³/mol. The van der Waals surface area contributed by atoms with Gasteiger partial charge in [-0.2, -0.15) is 4.57 Å². The third-order valence-electron chi connectivity index (χ3n) is 6.23. The van der Waals surface area contributed by atoms with Crippen molar-refractivity contribution in [3.63, 3.8) is 0 Å². The number of hydrogen-bond donors (Lipinski definition) is 0. The van der Waals surface area contributed by atoms with Crippen LogP contribution in [0.1, 0.15) is 22.3 Å². The molecule has 0 unspecified atom stereocenters. The fourth-order valence-electron chi connectivity index (χ4n) is 4.79. The highest BCUT2D eigenvalue weighted by Crippen LogP contribution is 2.31. The van der Waals surface area contributed by atoms with Crippen LogP contribution in [-0.4, -0.2) is 14.0 Å². The van der Waals surface area contributed by atoms with E-state index in [0.29, 0.717) is 0 Å². The number of hydrogen-bond acceptors (Lipinski definition) is 1. The van der Waals surface area contributed by atoms with Crippen LogP contribution in [0.5, 0.6) is 0 Å². The second-order valence-corrected chi connectivity index (χ2v) is 8.43. The first-order chi connectivity index (χ1) is 14.4. The smallest absolute Gasteiger partial charge is 0.233 e. The van der Waals surface area contributed by atoms with Gasteiger partial charge in [-0.15, -0.1) is 0 Å². The number of pyridine rings is 1. The molecule has 3 heterocycles. The highest BCUT2D eigenvalue weighted by Gasteiger charge is 2.26. The molecule has 0 aliphatic carbocycles. The molecule has 0 amide bonds. The first-order valence-corrected chi connectivity index (χ1v) is 10.4. The second kappa shape index (κ2) is 6.56. The Hall–Kier alpha value is -3.40. The summed E-state index contributed by atoms with van der Waals surface area (Å²) in [4.78, 5) is 4.86. The van der Waals surface area contributed by atoms with E-state index in [4.69, 9.17) is 4.98 Å². The summed E-state index contributed by atoms with van der Waals surface area (Å²) in [6, 6.07) is 17.3. The third kappa shape index (κ3) is 2.60. The zero-order chi connectivity index (χ0) is 21.2. The second-order valence-electron chi connectivity index (χ2n) is 8.43. The number of rotatable bonds is 2. The number of para-hydroxylation sites is 2. The lowest BCUT2D eigenvalue weighted by Crippen LogP contribution is -2.36. The van der Waals surface area contributed by atoms with Gasteiger partial charge in [-0.25, -0.2) is 4.98 Å². The van der Waals surface area contributed by atoms with E-state index >= 15 is 0 Å². The van der Waals surface area contributed by atoms with Gasteiger partial charge in [-0.1, -0.05) is 29.8 Å². The zero-order valence-corrected chi connectivity index (χ0v) is 18.5. The molecule has 2 aromatic carbocycles. The largest absolute Gasteiger partial charge is 0.308 e. The molecule has 0 N–H and O–H groups in total. The Morgan fingerprint density at radius 2 is 1.57 bits per heavy atom. The maximum absolute atomic E-state index is 4.86. The Kier molecular flexibility index (Phi) is 4.07. The summed E-state index contributed by atoms with van der Waals surface area (Å²) in [5, 5.41) is 0. The number of benzene rings is 2. The van der Waals surface area contributed by atoms with Crippen molar-refractivity contribution in [1.29, 1.82) is 0 Å². The summed E-state index contributed by atoms with van der Waals surface area (Å²) >= 11 is 0. The van der Waals surface area contributed by atoms with Crippen molar-refractivity contribution in [3.05, 3.63) is 77.0 Å². The van der Waals surface area contributed by atoms with Gasteiger partial charge in [0.1, 0.15) is 12.7 Å². The van der Waals surface area contributed by atoms with Crippen molar-refractivity contribution in [2.45, 2.75) is 27.7 Å². The molecule has 0 aliphatic rings. The predicted octanol–water partition coefficient (Wildman–Crippen LogP) is 5.22. The number of imidazole rings is 2. The molecule has 0 saturated carbocycles. The van der Waals surface area contributed by atoms with Crippen LogP contribution in [0.4, 0.5) is 0 Å². The summed E-state index contributed by atoms with van der Waals surface area (Å²) in [5.41, 5.74) is 12.2. The summed E-state index contributed by atoms with van der Waals surface area (Å²) < 4.78 is 6.75. The van der Waals surface area contributed by atoms with E-state index < -0.39 is 0 Å². The Balaban J connectivity index is 1.82. The molecule has 4 heteroatoms. The number of aryl methyl sites for hydroxylation is 5. The highest BCUT2D eigenvalue weighted by molar-refractivity contribution is 5.81. The minimum atomic E-state index is 0.958. The molecule has 0 radical (unpaired) electrons. The molecule has 30 heavy (non-hydrogen) atoms. The van der Waals surface area contributed by atoms with E-state index in [1.165, 1.54) is 39.2 Å². The van der Waals surface area contributed by atoms with E-state index in [0.717, 1.165) is 22.5 Å². The van der Waals surface area contributed by atoms with Gasteiger partial charge >= 0.3 is 0 Å². The molecule has 3 aromatic heterocycles. The van der Waals surface area contributed by atoms with E-state index in [-0.39, 0.29) is 0 Å². The molecule has 4 nitrogen and oxygen atoms in total. The molecule has 150 valence electrons. The molecular weight excluding hydrogens is 368 g/mol. The van der Waals surface area contributed by atoms with Crippen LogP contribution >= 0.6 is 0 Å². The van der Waals surface area contributed by atoms with Crippen molar-refractivity contribution < 1.29 is 4.57 Å². The van der Waals surface area contributed by atoms with Gasteiger partial charge < -0.3 is 4.57 Å². The van der Waals surface area contributed by atoms with Gasteiger partial charge in [0.25, 0.3) is 0 Å². The van der Waals surface area contributed by atoms with E-state index in [2.05, 4.69) is 104 Å². The van der Waals surface area contributed by atoms with Gasteiger partial charge in [-0.3, -0.25) is 4.40 Å². The highest BCUT2D eigenvalue weighted by atomic mass is 15.2. The van der Waals surface area contributed by atoms with Crippen LogP contribution in [-0.2, 0) is 14.1 Å². The van der Waals surface area contributed by atoms with Crippen LogP contribution in [0.15, 0.2) is 54.7 Å². The average Bonchev–Trinajstić information content (AvgIpc) is 3.21. The van der Waals surface area contributed by atoms with Crippen molar-refractivity contribution >= 4 is 16.8 Å². The van der Waals surface area contributed by atoms with Crippen LogP contribution in [0.2, 0.25) is 0 Å². The first kappa shape index (κ1) is 18.6. The quantitative estimate of drug-likeness (QED) is 0.377.